The van der Waals surface area contributed by atoms with Gasteiger partial charge in [-0.1, -0.05) is 42.5 Å². The number of ether oxygens (including phenoxy) is 3. The van der Waals surface area contributed by atoms with E-state index in [9.17, 15) is 4.79 Å². The van der Waals surface area contributed by atoms with Gasteiger partial charge in [-0.3, -0.25) is 9.58 Å². The zero-order valence-corrected chi connectivity index (χ0v) is 18.3. The maximum atomic E-state index is 12.7. The van der Waals surface area contributed by atoms with Crippen molar-refractivity contribution in [2.75, 3.05) is 19.9 Å². The predicted molar refractivity (Wildman–Crippen MR) is 119 cm³/mol. The lowest BCUT2D eigenvalue weighted by Gasteiger charge is -2.28. The Morgan fingerprint density at radius 1 is 1.12 bits per heavy atom. The molecular weight excluding hydrogens is 406 g/mol. The van der Waals surface area contributed by atoms with Crippen LogP contribution in [0.15, 0.2) is 48.5 Å². The minimum absolute atomic E-state index is 0.262. The van der Waals surface area contributed by atoms with E-state index in [-0.39, 0.29) is 12.8 Å². The molecule has 0 unspecified atom stereocenters. The van der Waals surface area contributed by atoms with Gasteiger partial charge in [-0.25, -0.2) is 4.79 Å². The summed E-state index contributed by atoms with van der Waals surface area (Å²) in [5.74, 6) is 1.27. The Morgan fingerprint density at radius 3 is 2.84 bits per heavy atom. The fourth-order valence-electron chi connectivity index (χ4n) is 4.47. The van der Waals surface area contributed by atoms with Crippen molar-refractivity contribution in [2.45, 2.75) is 39.4 Å². The summed E-state index contributed by atoms with van der Waals surface area (Å²) >= 11 is 0. The van der Waals surface area contributed by atoms with Crippen molar-refractivity contribution in [3.05, 3.63) is 76.6 Å². The minimum Gasteiger partial charge on any atom is -0.461 e. The summed E-state index contributed by atoms with van der Waals surface area (Å²) in [6.07, 6.45) is 1.71. The molecule has 32 heavy (non-hydrogen) atoms. The third-order valence-corrected chi connectivity index (χ3v) is 6.01. The fourth-order valence-corrected chi connectivity index (χ4v) is 4.47. The number of aromatic nitrogens is 2. The molecule has 1 aromatic heterocycles. The second-order valence-corrected chi connectivity index (χ2v) is 8.06. The van der Waals surface area contributed by atoms with Gasteiger partial charge in [0.25, 0.3) is 0 Å². The summed E-state index contributed by atoms with van der Waals surface area (Å²) in [5.41, 5.74) is 4.91. The number of nitrogens with zero attached hydrogens (tertiary/aromatic N) is 3. The van der Waals surface area contributed by atoms with Crippen LogP contribution in [-0.4, -0.2) is 40.6 Å². The van der Waals surface area contributed by atoms with Crippen LogP contribution in [-0.2, 0) is 37.2 Å². The molecule has 0 amide bonds. The Hall–Kier alpha value is -3.32. The molecule has 7 heteroatoms. The predicted octanol–water partition coefficient (Wildman–Crippen LogP) is 3.59. The van der Waals surface area contributed by atoms with Crippen molar-refractivity contribution in [2.24, 2.45) is 0 Å². The Kier molecular flexibility index (Phi) is 5.81. The molecule has 5 rings (SSSR count). The largest absolute Gasteiger partial charge is 0.461 e. The molecule has 0 bridgehead atoms. The number of esters is 1. The Labute approximate surface area is 187 Å². The highest BCUT2D eigenvalue weighted by Crippen LogP contribution is 2.36. The molecule has 0 radical (unpaired) electrons. The molecule has 0 spiro atoms. The highest BCUT2D eigenvalue weighted by molar-refractivity contribution is 5.89. The summed E-state index contributed by atoms with van der Waals surface area (Å²) in [4.78, 5) is 15.0. The molecule has 0 fully saturated rings. The van der Waals surface area contributed by atoms with Gasteiger partial charge in [-0.15, -0.1) is 0 Å². The molecule has 2 aliphatic heterocycles. The van der Waals surface area contributed by atoms with E-state index in [4.69, 9.17) is 19.3 Å². The van der Waals surface area contributed by atoms with Crippen molar-refractivity contribution >= 4 is 5.97 Å². The van der Waals surface area contributed by atoms with Crippen LogP contribution in [0.3, 0.4) is 0 Å². The minimum atomic E-state index is -0.346. The van der Waals surface area contributed by atoms with Gasteiger partial charge < -0.3 is 14.2 Å². The summed E-state index contributed by atoms with van der Waals surface area (Å²) < 4.78 is 18.5. The van der Waals surface area contributed by atoms with Gasteiger partial charge in [-0.05, 0) is 25.0 Å². The van der Waals surface area contributed by atoms with Crippen molar-refractivity contribution in [1.82, 2.24) is 14.7 Å². The zero-order chi connectivity index (χ0) is 21.9. The molecule has 0 saturated heterocycles. The molecule has 0 atom stereocenters. The molecular formula is C25H27N3O4. The maximum Gasteiger partial charge on any atom is 0.359 e. The zero-order valence-electron chi connectivity index (χ0n) is 18.3. The summed E-state index contributed by atoms with van der Waals surface area (Å²) in [5, 5.41) is 4.70. The number of rotatable bonds is 7. The molecule has 0 N–H and O–H groups in total. The third-order valence-electron chi connectivity index (χ3n) is 6.01. The number of aryl methyl sites for hydroxylation is 2. The Bertz CT molecular complexity index is 1110. The van der Waals surface area contributed by atoms with E-state index < -0.39 is 0 Å². The third kappa shape index (κ3) is 4.08. The van der Waals surface area contributed by atoms with Crippen LogP contribution in [0.4, 0.5) is 0 Å². The number of fused-ring (bicyclic) bond motifs is 2. The van der Waals surface area contributed by atoms with E-state index in [0.717, 1.165) is 60.8 Å². The number of hydrogen-bond donors (Lipinski definition) is 0. The van der Waals surface area contributed by atoms with E-state index in [1.165, 1.54) is 5.56 Å². The monoisotopic (exact) mass is 433 g/mol. The van der Waals surface area contributed by atoms with Crippen LogP contribution in [0.5, 0.6) is 11.5 Å². The average molecular weight is 434 g/mol. The van der Waals surface area contributed by atoms with Crippen LogP contribution in [0.25, 0.3) is 0 Å². The molecule has 3 aromatic rings. The van der Waals surface area contributed by atoms with Crippen molar-refractivity contribution < 1.29 is 19.0 Å². The number of benzene rings is 2. The maximum absolute atomic E-state index is 12.7. The van der Waals surface area contributed by atoms with E-state index in [1.807, 2.05) is 41.9 Å². The van der Waals surface area contributed by atoms with Crippen LogP contribution >= 0.6 is 0 Å². The molecule has 166 valence electrons. The van der Waals surface area contributed by atoms with Gasteiger partial charge in [0.15, 0.2) is 17.2 Å². The number of para-hydroxylation sites is 1. The fraction of sp³-hybridized carbons (Fsp3) is 0.360. The highest BCUT2D eigenvalue weighted by atomic mass is 16.7. The normalized spacial score (nSPS) is 14.9. The second-order valence-electron chi connectivity index (χ2n) is 8.06. The average Bonchev–Trinajstić information content (AvgIpc) is 3.44. The van der Waals surface area contributed by atoms with Gasteiger partial charge in [0.05, 0.1) is 6.61 Å². The summed E-state index contributed by atoms with van der Waals surface area (Å²) in [7, 11) is 0. The van der Waals surface area contributed by atoms with Gasteiger partial charge in [0.2, 0.25) is 6.79 Å². The molecule has 2 aliphatic rings. The van der Waals surface area contributed by atoms with E-state index in [1.54, 1.807) is 0 Å². The first-order chi connectivity index (χ1) is 15.7. The van der Waals surface area contributed by atoms with Gasteiger partial charge >= 0.3 is 5.97 Å². The summed E-state index contributed by atoms with van der Waals surface area (Å²) in [6.45, 7) is 5.42. The number of carbonyl (C=O) groups is 1. The molecule has 2 aromatic carbocycles. The summed E-state index contributed by atoms with van der Waals surface area (Å²) in [6, 6.07) is 16.3. The van der Waals surface area contributed by atoms with E-state index >= 15 is 0 Å². The molecule has 0 aliphatic carbocycles. The lowest BCUT2D eigenvalue weighted by atomic mass is 10.0. The van der Waals surface area contributed by atoms with Crippen LogP contribution in [0, 0.1) is 0 Å². The quantitative estimate of drug-likeness (QED) is 0.531. The molecule has 7 nitrogen and oxygen atoms in total. The second kappa shape index (κ2) is 9.04. The molecule has 0 saturated carbocycles. The van der Waals surface area contributed by atoms with Gasteiger partial charge in [0, 0.05) is 49.4 Å². The topological polar surface area (TPSA) is 65.8 Å². The lowest BCUT2D eigenvalue weighted by Crippen LogP contribution is -2.31. The van der Waals surface area contributed by atoms with Crippen molar-refractivity contribution in [1.29, 1.82) is 0 Å². The Morgan fingerprint density at radius 2 is 2.00 bits per heavy atom. The highest BCUT2D eigenvalue weighted by Gasteiger charge is 2.29. The van der Waals surface area contributed by atoms with Gasteiger partial charge in [0.1, 0.15) is 0 Å². The van der Waals surface area contributed by atoms with Gasteiger partial charge in [-0.2, -0.15) is 5.10 Å². The standard InChI is InChI=1S/C25H27N3O4/c1-2-30-25(29)23-20-16-27(15-19-9-6-10-22-24(19)32-17-31-22)13-12-21(20)28(26-23)14-11-18-7-4-3-5-8-18/h3-10H,2,11-17H2,1H3. The molecule has 3 heterocycles. The van der Waals surface area contributed by atoms with E-state index in [2.05, 4.69) is 23.1 Å². The Balaban J connectivity index is 1.38. The smallest absolute Gasteiger partial charge is 0.359 e. The first-order valence-electron chi connectivity index (χ1n) is 11.1. The van der Waals surface area contributed by atoms with Crippen LogP contribution in [0.1, 0.15) is 39.8 Å². The first kappa shape index (κ1) is 20.6. The SMILES string of the molecule is CCOC(=O)c1nn(CCc2ccccc2)c2c1CN(Cc1cccc3c1OCO3)CC2. The van der Waals surface area contributed by atoms with Crippen molar-refractivity contribution in [3.8, 4) is 11.5 Å². The number of carbonyl (C=O) groups excluding carboxylic acids is 1. The van der Waals surface area contributed by atoms with Crippen LogP contribution < -0.4 is 9.47 Å². The number of hydrogen-bond acceptors (Lipinski definition) is 6. The van der Waals surface area contributed by atoms with Crippen LogP contribution in [0.2, 0.25) is 0 Å². The van der Waals surface area contributed by atoms with Crippen molar-refractivity contribution in [3.63, 3.8) is 0 Å². The lowest BCUT2D eigenvalue weighted by molar-refractivity contribution is 0.0515. The first-order valence-corrected chi connectivity index (χ1v) is 11.1. The van der Waals surface area contributed by atoms with E-state index in [0.29, 0.717) is 18.8 Å².